The van der Waals surface area contributed by atoms with Crippen molar-refractivity contribution in [3.63, 3.8) is 0 Å². The van der Waals surface area contributed by atoms with E-state index in [4.69, 9.17) is 4.74 Å². The quantitative estimate of drug-likeness (QED) is 0.719. The van der Waals surface area contributed by atoms with E-state index >= 15 is 0 Å². The van der Waals surface area contributed by atoms with Gasteiger partial charge in [0.15, 0.2) is 0 Å². The van der Waals surface area contributed by atoms with E-state index in [-0.39, 0.29) is 24.4 Å². The Hall–Kier alpha value is -1.35. The summed E-state index contributed by atoms with van der Waals surface area (Å²) in [5, 5.41) is 0. The fourth-order valence-electron chi connectivity index (χ4n) is 2.77. The molecule has 1 aromatic carbocycles. The lowest BCUT2D eigenvalue weighted by Gasteiger charge is -2.17. The summed E-state index contributed by atoms with van der Waals surface area (Å²) in [6.07, 6.45) is -0.461. The van der Waals surface area contributed by atoms with Crippen molar-refractivity contribution in [1.29, 1.82) is 0 Å². The second-order valence-corrected chi connectivity index (χ2v) is 8.19. The van der Waals surface area contributed by atoms with Crippen molar-refractivity contribution in [3.8, 4) is 0 Å². The molecule has 4 nitrogen and oxygen atoms in total. The van der Waals surface area contributed by atoms with Crippen LogP contribution in [-0.2, 0) is 20.9 Å². The molecule has 0 radical (unpaired) electrons. The predicted molar refractivity (Wildman–Crippen MR) is 86.2 cm³/mol. The number of hydrogen-bond acceptors (Lipinski definition) is 3. The van der Waals surface area contributed by atoms with E-state index < -0.39 is 33.3 Å². The number of rotatable bonds is 7. The van der Waals surface area contributed by atoms with Gasteiger partial charge in [0.1, 0.15) is 5.82 Å². The number of ether oxygens (including phenoxy) is 1. The van der Waals surface area contributed by atoms with Gasteiger partial charge >= 0.3 is 6.18 Å². The second-order valence-electron chi connectivity index (χ2n) is 6.42. The van der Waals surface area contributed by atoms with Crippen LogP contribution in [0, 0.1) is 11.7 Å². The van der Waals surface area contributed by atoms with Crippen molar-refractivity contribution in [2.75, 3.05) is 17.1 Å². The number of hydrogen-bond donors (Lipinski definition) is 1. The molecule has 0 bridgehead atoms. The van der Waals surface area contributed by atoms with Gasteiger partial charge in [-0.1, -0.05) is 19.8 Å². The summed E-state index contributed by atoms with van der Waals surface area (Å²) in [6, 6.07) is 1.60. The maximum Gasteiger partial charge on any atom is 0.416 e. The van der Waals surface area contributed by atoms with E-state index in [1.165, 1.54) is 0 Å². The number of alkyl halides is 3. The average molecular weight is 383 g/mol. The smallest absolute Gasteiger partial charge is 0.378 e. The van der Waals surface area contributed by atoms with Crippen LogP contribution in [0.5, 0.6) is 0 Å². The van der Waals surface area contributed by atoms with Gasteiger partial charge in [-0.25, -0.2) is 12.8 Å². The van der Waals surface area contributed by atoms with Crippen LogP contribution in [-0.4, -0.2) is 26.9 Å². The summed E-state index contributed by atoms with van der Waals surface area (Å²) >= 11 is 0. The molecular weight excluding hydrogens is 362 g/mol. The fourth-order valence-corrected chi connectivity index (χ4v) is 4.19. The first kappa shape index (κ1) is 20.0. The zero-order chi connectivity index (χ0) is 18.7. The minimum Gasteiger partial charge on any atom is -0.378 e. The molecule has 0 spiro atoms. The van der Waals surface area contributed by atoms with Gasteiger partial charge in [0.2, 0.25) is 10.0 Å². The van der Waals surface area contributed by atoms with Crippen LogP contribution in [0.1, 0.15) is 38.2 Å². The molecule has 1 aromatic rings. The monoisotopic (exact) mass is 383 g/mol. The summed E-state index contributed by atoms with van der Waals surface area (Å²) in [7, 11) is -4.00. The van der Waals surface area contributed by atoms with Crippen LogP contribution in [0.4, 0.5) is 23.2 Å². The summed E-state index contributed by atoms with van der Waals surface area (Å²) in [5.74, 6) is -1.80. The molecule has 0 saturated heterocycles. The Kier molecular flexibility index (Phi) is 6.31. The molecule has 9 heteroatoms. The fraction of sp³-hybridized carbons (Fsp3) is 0.625. The molecule has 1 saturated carbocycles. The van der Waals surface area contributed by atoms with Gasteiger partial charge < -0.3 is 4.74 Å². The normalized spacial score (nSPS) is 17.6. The topological polar surface area (TPSA) is 55.4 Å². The molecule has 0 aliphatic heterocycles. The number of halogens is 4. The Balaban J connectivity index is 1.97. The van der Waals surface area contributed by atoms with Gasteiger partial charge in [-0.05, 0) is 37.0 Å². The van der Waals surface area contributed by atoms with Gasteiger partial charge in [-0.3, -0.25) is 4.72 Å². The largest absolute Gasteiger partial charge is 0.416 e. The van der Waals surface area contributed by atoms with Crippen molar-refractivity contribution in [3.05, 3.63) is 29.6 Å². The summed E-state index contributed by atoms with van der Waals surface area (Å²) in [6.45, 7) is 1.90. The number of sulfonamides is 1. The zero-order valence-corrected chi connectivity index (χ0v) is 14.6. The molecule has 1 atom stereocenters. The van der Waals surface area contributed by atoms with Crippen molar-refractivity contribution in [1.82, 2.24) is 0 Å². The van der Waals surface area contributed by atoms with Crippen molar-refractivity contribution in [2.45, 2.75) is 44.9 Å². The van der Waals surface area contributed by atoms with Crippen molar-refractivity contribution < 1.29 is 30.7 Å². The number of benzene rings is 1. The van der Waals surface area contributed by atoms with E-state index in [0.29, 0.717) is 18.2 Å². The standard InChI is InChI=1S/C16H21F4NO3S/c1-11(9-24-13-4-2-3-5-13)10-25(22,23)21-15-8-12(16(18,19)20)6-7-14(15)17/h6-8,11,13,21H,2-5,9-10H2,1H3/t11-/m1/s1. The molecular formula is C16H21F4NO3S. The summed E-state index contributed by atoms with van der Waals surface area (Å²) in [4.78, 5) is 0. The van der Waals surface area contributed by atoms with E-state index in [1.807, 2.05) is 4.72 Å². The van der Waals surface area contributed by atoms with E-state index in [2.05, 4.69) is 0 Å². The summed E-state index contributed by atoms with van der Waals surface area (Å²) < 4.78 is 83.4. The predicted octanol–water partition coefficient (Wildman–Crippen LogP) is 4.18. The lowest BCUT2D eigenvalue weighted by molar-refractivity contribution is -0.137. The Labute approximate surface area is 144 Å². The average Bonchev–Trinajstić information content (AvgIpc) is 2.99. The third kappa shape index (κ3) is 6.14. The van der Waals surface area contributed by atoms with Crippen LogP contribution >= 0.6 is 0 Å². The van der Waals surface area contributed by atoms with Gasteiger partial charge in [-0.2, -0.15) is 13.2 Å². The van der Waals surface area contributed by atoms with Crippen LogP contribution < -0.4 is 4.72 Å². The number of anilines is 1. The first-order valence-corrected chi connectivity index (χ1v) is 9.71. The lowest BCUT2D eigenvalue weighted by Crippen LogP contribution is -2.26. The van der Waals surface area contributed by atoms with Crippen LogP contribution in [0.2, 0.25) is 0 Å². The van der Waals surface area contributed by atoms with Crippen molar-refractivity contribution in [2.24, 2.45) is 5.92 Å². The Bertz CT molecular complexity index is 685. The maximum absolute atomic E-state index is 13.7. The third-order valence-electron chi connectivity index (χ3n) is 3.98. The molecule has 1 N–H and O–H groups in total. The molecule has 2 rings (SSSR count). The minimum atomic E-state index is -4.68. The molecule has 142 valence electrons. The highest BCUT2D eigenvalue weighted by Crippen LogP contribution is 2.32. The SMILES string of the molecule is C[C@H](COC1CCCC1)CS(=O)(=O)Nc1cc(C(F)(F)F)ccc1F. The molecule has 25 heavy (non-hydrogen) atoms. The molecule has 0 unspecified atom stereocenters. The van der Waals surface area contributed by atoms with Crippen LogP contribution in [0.3, 0.4) is 0 Å². The first-order valence-electron chi connectivity index (χ1n) is 8.05. The maximum atomic E-state index is 13.7. The molecule has 1 aliphatic rings. The van der Waals surface area contributed by atoms with Crippen molar-refractivity contribution >= 4 is 15.7 Å². The van der Waals surface area contributed by atoms with E-state index in [0.717, 1.165) is 25.7 Å². The van der Waals surface area contributed by atoms with E-state index in [1.54, 1.807) is 6.92 Å². The Morgan fingerprint density at radius 1 is 1.28 bits per heavy atom. The van der Waals surface area contributed by atoms with Gasteiger partial charge in [0, 0.05) is 0 Å². The lowest BCUT2D eigenvalue weighted by atomic mass is 10.2. The molecule has 0 aromatic heterocycles. The molecule has 1 fully saturated rings. The number of nitrogens with one attached hydrogen (secondary N) is 1. The highest BCUT2D eigenvalue weighted by molar-refractivity contribution is 7.92. The highest BCUT2D eigenvalue weighted by atomic mass is 32.2. The van der Waals surface area contributed by atoms with Crippen LogP contribution in [0.25, 0.3) is 0 Å². The first-order chi connectivity index (χ1) is 11.6. The molecule has 0 amide bonds. The van der Waals surface area contributed by atoms with E-state index in [9.17, 15) is 26.0 Å². The Morgan fingerprint density at radius 3 is 2.52 bits per heavy atom. The summed E-state index contributed by atoms with van der Waals surface area (Å²) in [5.41, 5.74) is -1.83. The highest BCUT2D eigenvalue weighted by Gasteiger charge is 2.31. The third-order valence-corrected chi connectivity index (χ3v) is 5.52. The van der Waals surface area contributed by atoms with Gasteiger partial charge in [0.05, 0.1) is 29.7 Å². The Morgan fingerprint density at radius 2 is 1.92 bits per heavy atom. The van der Waals surface area contributed by atoms with Gasteiger partial charge in [0.25, 0.3) is 0 Å². The zero-order valence-electron chi connectivity index (χ0n) is 13.8. The van der Waals surface area contributed by atoms with Crippen LogP contribution in [0.15, 0.2) is 18.2 Å². The minimum absolute atomic E-state index is 0.138. The molecule has 0 heterocycles. The second kappa shape index (κ2) is 7.90. The van der Waals surface area contributed by atoms with Gasteiger partial charge in [-0.15, -0.1) is 0 Å². The molecule has 1 aliphatic carbocycles.